The van der Waals surface area contributed by atoms with Crippen molar-refractivity contribution in [3.05, 3.63) is 0 Å². The van der Waals surface area contributed by atoms with Crippen LogP contribution in [-0.4, -0.2) is 43.5 Å². The summed E-state index contributed by atoms with van der Waals surface area (Å²) in [4.78, 5) is 14.3. The number of carbonyl (C=O) groups is 1. The number of hydrogen-bond acceptors (Lipinski definition) is 3. The Hall–Kier alpha value is -0.610. The first kappa shape index (κ1) is 14.5. The lowest BCUT2D eigenvalue weighted by Crippen LogP contribution is -2.39. The summed E-state index contributed by atoms with van der Waals surface area (Å²) < 4.78 is 0. The number of nitrogens with two attached hydrogens (primary N) is 1. The lowest BCUT2D eigenvalue weighted by atomic mass is 9.95. The van der Waals surface area contributed by atoms with Crippen molar-refractivity contribution in [1.82, 2.24) is 10.2 Å². The maximum Gasteiger partial charge on any atom is 0.223 e. The first-order chi connectivity index (χ1) is 8.22. The molecule has 0 radical (unpaired) electrons. The van der Waals surface area contributed by atoms with E-state index in [2.05, 4.69) is 24.1 Å². The second kappa shape index (κ2) is 7.67. The highest BCUT2D eigenvalue weighted by Crippen LogP contribution is 2.30. The summed E-state index contributed by atoms with van der Waals surface area (Å²) in [5, 5.41) is 3.05. The third-order valence-electron chi connectivity index (χ3n) is 3.92. The smallest absolute Gasteiger partial charge is 0.223 e. The van der Waals surface area contributed by atoms with Crippen LogP contribution < -0.4 is 11.1 Å². The van der Waals surface area contributed by atoms with Crippen LogP contribution in [0.4, 0.5) is 0 Å². The van der Waals surface area contributed by atoms with Gasteiger partial charge in [-0.25, -0.2) is 0 Å². The first-order valence-electron chi connectivity index (χ1n) is 6.93. The van der Waals surface area contributed by atoms with E-state index < -0.39 is 0 Å². The zero-order valence-electron chi connectivity index (χ0n) is 11.2. The van der Waals surface area contributed by atoms with E-state index in [1.807, 2.05) is 0 Å². The molecule has 4 heteroatoms. The third kappa shape index (κ3) is 4.28. The number of carbonyl (C=O) groups excluding carboxylic acids is 1. The summed E-state index contributed by atoms with van der Waals surface area (Å²) in [5.41, 5.74) is 5.69. The molecule has 1 aliphatic rings. The summed E-state index contributed by atoms with van der Waals surface area (Å²) in [6.07, 6.45) is 3.28. The van der Waals surface area contributed by atoms with Gasteiger partial charge in [-0.05, 0) is 38.4 Å². The average Bonchev–Trinajstić information content (AvgIpc) is 2.82. The van der Waals surface area contributed by atoms with Crippen LogP contribution in [-0.2, 0) is 4.79 Å². The van der Waals surface area contributed by atoms with Gasteiger partial charge in [0.1, 0.15) is 0 Å². The largest absolute Gasteiger partial charge is 0.355 e. The van der Waals surface area contributed by atoms with Gasteiger partial charge in [0.2, 0.25) is 5.91 Å². The molecular formula is C13H27N3O. The molecule has 2 atom stereocenters. The van der Waals surface area contributed by atoms with Crippen LogP contribution >= 0.6 is 0 Å². The minimum Gasteiger partial charge on any atom is -0.355 e. The highest BCUT2D eigenvalue weighted by Gasteiger charge is 2.31. The van der Waals surface area contributed by atoms with Crippen molar-refractivity contribution in [2.45, 2.75) is 33.1 Å². The fourth-order valence-corrected chi connectivity index (χ4v) is 2.67. The van der Waals surface area contributed by atoms with E-state index in [4.69, 9.17) is 5.73 Å². The highest BCUT2D eigenvalue weighted by atomic mass is 16.1. The molecule has 1 fully saturated rings. The van der Waals surface area contributed by atoms with Crippen molar-refractivity contribution >= 4 is 5.91 Å². The molecule has 0 bridgehead atoms. The van der Waals surface area contributed by atoms with E-state index in [9.17, 15) is 4.79 Å². The number of hydrogen-bond donors (Lipinski definition) is 2. The van der Waals surface area contributed by atoms with Gasteiger partial charge in [0.15, 0.2) is 0 Å². The predicted molar refractivity (Wildman–Crippen MR) is 70.7 cm³/mol. The Balaban J connectivity index is 2.24. The minimum atomic E-state index is 0.164. The van der Waals surface area contributed by atoms with Crippen LogP contribution in [0.3, 0.4) is 0 Å². The topological polar surface area (TPSA) is 58.4 Å². The molecule has 3 N–H and O–H groups in total. The molecule has 0 heterocycles. The molecule has 1 rings (SSSR count). The van der Waals surface area contributed by atoms with Crippen LogP contribution in [0.15, 0.2) is 0 Å². The quantitative estimate of drug-likeness (QED) is 0.694. The van der Waals surface area contributed by atoms with Gasteiger partial charge < -0.3 is 16.0 Å². The number of rotatable bonds is 7. The molecule has 4 nitrogen and oxygen atoms in total. The van der Waals surface area contributed by atoms with Crippen molar-refractivity contribution in [1.29, 1.82) is 0 Å². The molecule has 0 aromatic carbocycles. The fraction of sp³-hybridized carbons (Fsp3) is 0.923. The summed E-state index contributed by atoms with van der Waals surface area (Å²) in [5.74, 6) is 0.783. The lowest BCUT2D eigenvalue weighted by Gasteiger charge is -2.20. The van der Waals surface area contributed by atoms with Gasteiger partial charge in [-0.1, -0.05) is 20.3 Å². The van der Waals surface area contributed by atoms with Gasteiger partial charge in [0.25, 0.3) is 0 Å². The third-order valence-corrected chi connectivity index (χ3v) is 3.92. The van der Waals surface area contributed by atoms with Crippen LogP contribution in [0.25, 0.3) is 0 Å². The fourth-order valence-electron chi connectivity index (χ4n) is 2.67. The van der Waals surface area contributed by atoms with Gasteiger partial charge >= 0.3 is 0 Å². The first-order valence-corrected chi connectivity index (χ1v) is 6.93. The van der Waals surface area contributed by atoms with Crippen molar-refractivity contribution in [3.63, 3.8) is 0 Å². The van der Waals surface area contributed by atoms with Gasteiger partial charge in [-0.3, -0.25) is 4.79 Å². The lowest BCUT2D eigenvalue weighted by molar-refractivity contribution is -0.126. The Bertz CT molecular complexity index is 229. The maximum atomic E-state index is 12.0. The Labute approximate surface area is 105 Å². The molecule has 1 aliphatic carbocycles. The average molecular weight is 241 g/mol. The zero-order chi connectivity index (χ0) is 12.7. The zero-order valence-corrected chi connectivity index (χ0v) is 11.2. The summed E-state index contributed by atoms with van der Waals surface area (Å²) >= 11 is 0. The van der Waals surface area contributed by atoms with E-state index >= 15 is 0 Å². The van der Waals surface area contributed by atoms with Crippen LogP contribution in [0.5, 0.6) is 0 Å². The van der Waals surface area contributed by atoms with Gasteiger partial charge in [-0.2, -0.15) is 0 Å². The maximum absolute atomic E-state index is 12.0. The van der Waals surface area contributed by atoms with Gasteiger partial charge in [-0.15, -0.1) is 0 Å². The Kier molecular flexibility index (Phi) is 6.52. The van der Waals surface area contributed by atoms with Gasteiger partial charge in [0, 0.05) is 19.0 Å². The molecule has 0 unspecified atom stereocenters. The Morgan fingerprint density at radius 2 is 2.06 bits per heavy atom. The van der Waals surface area contributed by atoms with E-state index in [1.165, 1.54) is 0 Å². The van der Waals surface area contributed by atoms with Crippen molar-refractivity contribution in [3.8, 4) is 0 Å². The number of likely N-dealkylation sites (N-methyl/N-ethyl adjacent to an activating group) is 1. The summed E-state index contributed by atoms with van der Waals surface area (Å²) in [6, 6.07) is 0. The summed E-state index contributed by atoms with van der Waals surface area (Å²) in [7, 11) is 0. The summed E-state index contributed by atoms with van der Waals surface area (Å²) in [6.45, 7) is 8.73. The van der Waals surface area contributed by atoms with Crippen molar-refractivity contribution in [2.75, 3.05) is 32.7 Å². The normalized spacial score (nSPS) is 24.2. The highest BCUT2D eigenvalue weighted by molar-refractivity contribution is 5.79. The molecule has 17 heavy (non-hydrogen) atoms. The minimum absolute atomic E-state index is 0.164. The molecule has 0 spiro atoms. The predicted octanol–water partition coefficient (Wildman–Crippen LogP) is 0.819. The Morgan fingerprint density at radius 1 is 1.35 bits per heavy atom. The van der Waals surface area contributed by atoms with E-state index in [0.717, 1.165) is 45.4 Å². The van der Waals surface area contributed by atoms with E-state index in [0.29, 0.717) is 12.5 Å². The SMILES string of the molecule is CCN(CC)CCNC(=O)[C@@H]1CCC[C@@H]1CN. The van der Waals surface area contributed by atoms with Crippen LogP contribution in [0, 0.1) is 11.8 Å². The Morgan fingerprint density at radius 3 is 2.65 bits per heavy atom. The number of nitrogens with one attached hydrogen (secondary N) is 1. The molecule has 0 aliphatic heterocycles. The van der Waals surface area contributed by atoms with Crippen molar-refractivity contribution < 1.29 is 4.79 Å². The van der Waals surface area contributed by atoms with E-state index in [-0.39, 0.29) is 11.8 Å². The molecule has 0 saturated heterocycles. The second-order valence-electron chi connectivity index (χ2n) is 4.85. The molecule has 1 saturated carbocycles. The number of nitrogens with zero attached hydrogens (tertiary/aromatic N) is 1. The van der Waals surface area contributed by atoms with Crippen molar-refractivity contribution in [2.24, 2.45) is 17.6 Å². The molecule has 100 valence electrons. The van der Waals surface area contributed by atoms with E-state index in [1.54, 1.807) is 0 Å². The monoisotopic (exact) mass is 241 g/mol. The molecule has 0 aromatic heterocycles. The van der Waals surface area contributed by atoms with Crippen LogP contribution in [0.2, 0.25) is 0 Å². The molecule has 1 amide bonds. The van der Waals surface area contributed by atoms with Gasteiger partial charge in [0.05, 0.1) is 0 Å². The standard InChI is InChI=1S/C13H27N3O/c1-3-16(4-2)9-8-15-13(17)12-7-5-6-11(12)10-14/h11-12H,3-10,14H2,1-2H3,(H,15,17)/t11-,12-/m1/s1. The van der Waals surface area contributed by atoms with Crippen LogP contribution in [0.1, 0.15) is 33.1 Å². The second-order valence-corrected chi connectivity index (χ2v) is 4.85. The number of amides is 1. The molecular weight excluding hydrogens is 214 g/mol. The molecule has 0 aromatic rings.